The molecule has 3 aromatic rings. The van der Waals surface area contributed by atoms with Crippen LogP contribution in [0.2, 0.25) is 0 Å². The summed E-state index contributed by atoms with van der Waals surface area (Å²) in [5.41, 5.74) is 2.47. The third-order valence-electron chi connectivity index (χ3n) is 5.87. The van der Waals surface area contributed by atoms with E-state index in [0.717, 1.165) is 56.7 Å². The number of carbonyl (C=O) groups excluding carboxylic acids is 1. The number of carbonyl (C=O) groups is 1. The van der Waals surface area contributed by atoms with Crippen LogP contribution in [0.1, 0.15) is 31.2 Å². The Morgan fingerprint density at radius 2 is 1.66 bits per heavy atom. The second kappa shape index (κ2) is 9.55. The van der Waals surface area contributed by atoms with E-state index in [1.165, 1.54) is 5.56 Å². The molecule has 0 spiro atoms. The van der Waals surface area contributed by atoms with Crippen LogP contribution in [0, 0.1) is 5.92 Å². The normalized spacial score (nSPS) is 14.8. The van der Waals surface area contributed by atoms with Crippen molar-refractivity contribution in [2.75, 3.05) is 13.1 Å². The molecule has 1 amide bonds. The number of hydrogen-bond donors (Lipinski definition) is 0. The maximum atomic E-state index is 12.6. The van der Waals surface area contributed by atoms with Gasteiger partial charge in [-0.15, -0.1) is 0 Å². The first kappa shape index (κ1) is 19.4. The number of piperidine rings is 1. The largest absolute Gasteiger partial charge is 0.343 e. The molecule has 0 saturated carbocycles. The first-order chi connectivity index (χ1) is 14.3. The Morgan fingerprint density at radius 3 is 2.38 bits per heavy atom. The lowest BCUT2D eigenvalue weighted by molar-refractivity contribution is -0.132. The number of likely N-dealkylation sites (tertiary alicyclic amines) is 1. The van der Waals surface area contributed by atoms with Gasteiger partial charge >= 0.3 is 0 Å². The molecule has 29 heavy (non-hydrogen) atoms. The van der Waals surface area contributed by atoms with Crippen LogP contribution in [-0.2, 0) is 17.8 Å². The standard InChI is InChI=1S/C25H29N3O/c29-24(13-7-10-21-8-3-1-4-9-21)27-17-14-22(15-18-27)20-28-19-16-26-25(28)23-11-5-2-6-12-23/h1-6,8-9,11-12,16,19,22H,7,10,13-15,17-18,20H2. The molecular weight excluding hydrogens is 358 g/mol. The minimum absolute atomic E-state index is 0.312. The van der Waals surface area contributed by atoms with Crippen LogP contribution < -0.4 is 0 Å². The summed E-state index contributed by atoms with van der Waals surface area (Å²) in [6.07, 6.45) is 8.65. The van der Waals surface area contributed by atoms with Crippen LogP contribution in [0.15, 0.2) is 73.1 Å². The second-order valence-electron chi connectivity index (χ2n) is 7.93. The zero-order valence-corrected chi connectivity index (χ0v) is 16.9. The molecule has 4 heteroatoms. The summed E-state index contributed by atoms with van der Waals surface area (Å²) in [6.45, 7) is 2.73. The molecule has 0 unspecified atom stereocenters. The summed E-state index contributed by atoms with van der Waals surface area (Å²) in [7, 11) is 0. The van der Waals surface area contributed by atoms with Crippen molar-refractivity contribution in [2.45, 2.75) is 38.6 Å². The summed E-state index contributed by atoms with van der Waals surface area (Å²) < 4.78 is 2.26. The summed E-state index contributed by atoms with van der Waals surface area (Å²) in [6, 6.07) is 20.8. The third-order valence-corrected chi connectivity index (χ3v) is 5.87. The number of hydrogen-bond acceptors (Lipinski definition) is 2. The van der Waals surface area contributed by atoms with Gasteiger partial charge in [0.1, 0.15) is 5.82 Å². The van der Waals surface area contributed by atoms with Crippen molar-refractivity contribution in [1.29, 1.82) is 0 Å². The van der Waals surface area contributed by atoms with Gasteiger partial charge in [-0.2, -0.15) is 0 Å². The van der Waals surface area contributed by atoms with Gasteiger partial charge in [-0.1, -0.05) is 60.7 Å². The Bertz CT molecular complexity index is 896. The van der Waals surface area contributed by atoms with Crippen LogP contribution in [0.25, 0.3) is 11.4 Å². The molecule has 0 atom stereocenters. The first-order valence-corrected chi connectivity index (χ1v) is 10.7. The molecule has 1 fully saturated rings. The van der Waals surface area contributed by atoms with Gasteiger partial charge in [0.05, 0.1) is 0 Å². The van der Waals surface area contributed by atoms with Crippen LogP contribution >= 0.6 is 0 Å². The van der Waals surface area contributed by atoms with Gasteiger partial charge in [0.25, 0.3) is 0 Å². The first-order valence-electron chi connectivity index (χ1n) is 10.7. The molecule has 0 bridgehead atoms. The number of benzene rings is 2. The maximum Gasteiger partial charge on any atom is 0.222 e. The molecule has 1 aliphatic heterocycles. The van der Waals surface area contributed by atoms with Gasteiger partial charge in [-0.25, -0.2) is 4.98 Å². The summed E-state index contributed by atoms with van der Waals surface area (Å²) in [5, 5.41) is 0. The average molecular weight is 388 g/mol. The van der Waals surface area contributed by atoms with E-state index in [2.05, 4.69) is 69.2 Å². The van der Waals surface area contributed by atoms with E-state index in [0.29, 0.717) is 18.2 Å². The minimum atomic E-state index is 0.312. The van der Waals surface area contributed by atoms with Crippen molar-refractivity contribution >= 4 is 5.91 Å². The summed E-state index contributed by atoms with van der Waals surface area (Å²) >= 11 is 0. The SMILES string of the molecule is O=C(CCCc1ccccc1)N1CCC(Cn2ccnc2-c2ccccc2)CC1. The minimum Gasteiger partial charge on any atom is -0.343 e. The van der Waals surface area contributed by atoms with Crippen LogP contribution in [0.3, 0.4) is 0 Å². The number of aromatic nitrogens is 2. The monoisotopic (exact) mass is 387 g/mol. The summed E-state index contributed by atoms with van der Waals surface area (Å²) in [4.78, 5) is 19.2. The third kappa shape index (κ3) is 5.14. The molecule has 150 valence electrons. The second-order valence-corrected chi connectivity index (χ2v) is 7.93. The van der Waals surface area contributed by atoms with Crippen molar-refractivity contribution < 1.29 is 4.79 Å². The van der Waals surface area contributed by atoms with E-state index in [4.69, 9.17) is 0 Å². The van der Waals surface area contributed by atoms with Crippen LogP contribution in [0.5, 0.6) is 0 Å². The smallest absolute Gasteiger partial charge is 0.222 e. The molecule has 4 nitrogen and oxygen atoms in total. The predicted molar refractivity (Wildman–Crippen MR) is 116 cm³/mol. The van der Waals surface area contributed by atoms with Crippen molar-refractivity contribution in [2.24, 2.45) is 5.92 Å². The molecule has 0 radical (unpaired) electrons. The highest BCUT2D eigenvalue weighted by Gasteiger charge is 2.23. The van der Waals surface area contributed by atoms with E-state index < -0.39 is 0 Å². The lowest BCUT2D eigenvalue weighted by atomic mass is 9.96. The highest BCUT2D eigenvalue weighted by atomic mass is 16.2. The predicted octanol–water partition coefficient (Wildman–Crippen LogP) is 4.81. The molecule has 1 aliphatic rings. The van der Waals surface area contributed by atoms with Crippen LogP contribution in [0.4, 0.5) is 0 Å². The zero-order chi connectivity index (χ0) is 19.9. The van der Waals surface area contributed by atoms with Gasteiger partial charge in [-0.3, -0.25) is 4.79 Å². The van der Waals surface area contributed by atoms with E-state index in [1.54, 1.807) is 0 Å². The van der Waals surface area contributed by atoms with E-state index >= 15 is 0 Å². The lowest BCUT2D eigenvalue weighted by Gasteiger charge is -2.32. The number of amides is 1. The molecule has 4 rings (SSSR count). The van der Waals surface area contributed by atoms with Gasteiger partial charge in [0, 0.05) is 44.0 Å². The maximum absolute atomic E-state index is 12.6. The number of imidazole rings is 1. The Balaban J connectivity index is 1.24. The lowest BCUT2D eigenvalue weighted by Crippen LogP contribution is -2.39. The molecule has 2 heterocycles. The van der Waals surface area contributed by atoms with E-state index in [-0.39, 0.29) is 0 Å². The van der Waals surface area contributed by atoms with Crippen molar-refractivity contribution in [3.05, 3.63) is 78.6 Å². The van der Waals surface area contributed by atoms with Gasteiger partial charge in [0.15, 0.2) is 0 Å². The van der Waals surface area contributed by atoms with Gasteiger partial charge < -0.3 is 9.47 Å². The molecule has 0 N–H and O–H groups in total. The van der Waals surface area contributed by atoms with E-state index in [9.17, 15) is 4.79 Å². The van der Waals surface area contributed by atoms with Crippen LogP contribution in [-0.4, -0.2) is 33.4 Å². The topological polar surface area (TPSA) is 38.1 Å². The fourth-order valence-corrected chi connectivity index (χ4v) is 4.19. The van der Waals surface area contributed by atoms with Gasteiger partial charge in [-0.05, 0) is 37.2 Å². The molecule has 0 aliphatic carbocycles. The molecular formula is C25H29N3O. The Hall–Kier alpha value is -2.88. The number of nitrogens with zero attached hydrogens (tertiary/aromatic N) is 3. The highest BCUT2D eigenvalue weighted by molar-refractivity contribution is 5.76. The quantitative estimate of drug-likeness (QED) is 0.583. The Kier molecular flexibility index (Phi) is 6.40. The van der Waals surface area contributed by atoms with Crippen molar-refractivity contribution in [3.63, 3.8) is 0 Å². The average Bonchev–Trinajstić information content (AvgIpc) is 3.24. The van der Waals surface area contributed by atoms with Crippen molar-refractivity contribution in [3.8, 4) is 11.4 Å². The Morgan fingerprint density at radius 1 is 0.966 bits per heavy atom. The molecule has 1 aromatic heterocycles. The highest BCUT2D eigenvalue weighted by Crippen LogP contribution is 2.24. The molecule has 2 aromatic carbocycles. The summed E-state index contributed by atoms with van der Waals surface area (Å²) in [5.74, 6) is 1.94. The van der Waals surface area contributed by atoms with E-state index in [1.807, 2.05) is 18.3 Å². The zero-order valence-electron chi connectivity index (χ0n) is 16.9. The van der Waals surface area contributed by atoms with Crippen molar-refractivity contribution in [1.82, 2.24) is 14.5 Å². The molecule has 1 saturated heterocycles. The van der Waals surface area contributed by atoms with Gasteiger partial charge in [0.2, 0.25) is 5.91 Å². The fraction of sp³-hybridized carbons (Fsp3) is 0.360. The number of aryl methyl sites for hydroxylation is 1. The number of rotatable bonds is 7. The fourth-order valence-electron chi connectivity index (χ4n) is 4.19. The Labute approximate surface area is 173 Å².